The maximum atomic E-state index is 5.08. The molecule has 0 atom stereocenters. The van der Waals surface area contributed by atoms with Gasteiger partial charge in [-0.15, -0.1) is 0 Å². The van der Waals surface area contributed by atoms with Crippen LogP contribution in [0.25, 0.3) is 4.48 Å². The summed E-state index contributed by atoms with van der Waals surface area (Å²) in [6, 6.07) is 5.54. The molecule has 0 heterocycles. The molecule has 0 radical (unpaired) electrons. The molecule has 2 nitrogen and oxygen atoms in total. The van der Waals surface area contributed by atoms with Gasteiger partial charge >= 0.3 is 0 Å². The van der Waals surface area contributed by atoms with E-state index in [9.17, 15) is 0 Å². The smallest absolute Gasteiger partial charge is 0.119 e. The summed E-state index contributed by atoms with van der Waals surface area (Å²) < 4.78 is 5.85. The normalized spacial score (nSPS) is 9.38. The van der Waals surface area contributed by atoms with Crippen LogP contribution in [0.15, 0.2) is 29.8 Å². The largest absolute Gasteiger partial charge is 0.497 e. The Labute approximate surface area is 86.1 Å². The lowest BCUT2D eigenvalue weighted by Gasteiger charge is -2.05. The van der Waals surface area contributed by atoms with Crippen molar-refractivity contribution < 1.29 is 4.74 Å². The van der Waals surface area contributed by atoms with Crippen molar-refractivity contribution in [2.45, 2.75) is 0 Å². The molecule has 0 aliphatic rings. The van der Waals surface area contributed by atoms with E-state index in [4.69, 9.17) is 4.74 Å². The fraction of sp³-hybridized carbons (Fsp3) is 0.100. The maximum absolute atomic E-state index is 5.08. The van der Waals surface area contributed by atoms with Crippen molar-refractivity contribution in [2.75, 3.05) is 7.11 Å². The maximum Gasteiger partial charge on any atom is 0.119 e. The van der Waals surface area contributed by atoms with E-state index >= 15 is 0 Å². The standard InChI is InChI=1S/C10H10BrNO/c1-7(11)9-6-8(13-3)4-5-10(9)12-2/h4-6H,1-2H2,3H3. The molecule has 0 aliphatic heterocycles. The Morgan fingerprint density at radius 1 is 1.54 bits per heavy atom. The van der Waals surface area contributed by atoms with Crippen LogP contribution in [0.1, 0.15) is 5.56 Å². The molecule has 0 saturated carbocycles. The third-order valence-electron chi connectivity index (χ3n) is 1.67. The van der Waals surface area contributed by atoms with Gasteiger partial charge < -0.3 is 4.74 Å². The van der Waals surface area contributed by atoms with E-state index in [1.165, 1.54) is 0 Å². The first kappa shape index (κ1) is 9.99. The van der Waals surface area contributed by atoms with Crippen molar-refractivity contribution in [3.8, 4) is 5.75 Å². The Morgan fingerprint density at radius 2 is 2.23 bits per heavy atom. The highest BCUT2D eigenvalue weighted by atomic mass is 79.9. The average Bonchev–Trinajstić information content (AvgIpc) is 2.16. The molecule has 0 amide bonds. The molecular formula is C10H10BrNO. The molecule has 0 aliphatic carbocycles. The van der Waals surface area contributed by atoms with Gasteiger partial charge in [0.1, 0.15) is 5.75 Å². The number of hydrogen-bond acceptors (Lipinski definition) is 2. The molecule has 68 valence electrons. The topological polar surface area (TPSA) is 21.6 Å². The number of halogens is 1. The van der Waals surface area contributed by atoms with E-state index < -0.39 is 0 Å². The van der Waals surface area contributed by atoms with Crippen molar-refractivity contribution >= 4 is 32.8 Å². The molecule has 13 heavy (non-hydrogen) atoms. The van der Waals surface area contributed by atoms with E-state index in [-0.39, 0.29) is 0 Å². The molecule has 0 aromatic heterocycles. The minimum atomic E-state index is 0.772. The number of nitrogens with zero attached hydrogens (tertiary/aromatic N) is 1. The molecule has 0 fully saturated rings. The van der Waals surface area contributed by atoms with E-state index in [1.807, 2.05) is 18.2 Å². The van der Waals surface area contributed by atoms with Crippen LogP contribution < -0.4 is 4.74 Å². The number of hydrogen-bond donors (Lipinski definition) is 0. The SMILES string of the molecule is C=Nc1ccc(OC)cc1C(=C)Br. The first-order valence-electron chi connectivity index (χ1n) is 3.68. The van der Waals surface area contributed by atoms with Gasteiger partial charge in [0, 0.05) is 10.0 Å². The second-order valence-electron chi connectivity index (χ2n) is 2.45. The number of rotatable bonds is 3. The number of aliphatic imine (C=N–C) groups is 1. The summed E-state index contributed by atoms with van der Waals surface area (Å²) in [6.07, 6.45) is 0. The van der Waals surface area contributed by atoms with Gasteiger partial charge in [-0.2, -0.15) is 0 Å². The lowest BCUT2D eigenvalue weighted by molar-refractivity contribution is 0.415. The Balaban J connectivity index is 3.25. The van der Waals surface area contributed by atoms with Crippen LogP contribution in [0.5, 0.6) is 5.75 Å². The second-order valence-corrected chi connectivity index (χ2v) is 3.40. The Bertz CT molecular complexity index is 347. The van der Waals surface area contributed by atoms with Crippen LogP contribution in [-0.2, 0) is 0 Å². The second kappa shape index (κ2) is 4.23. The molecule has 1 aromatic rings. The van der Waals surface area contributed by atoms with Gasteiger partial charge in [-0.1, -0.05) is 22.5 Å². The summed E-state index contributed by atoms with van der Waals surface area (Å²) in [5.74, 6) is 0.781. The Hall–Kier alpha value is -1.09. The van der Waals surface area contributed by atoms with Gasteiger partial charge in [0.2, 0.25) is 0 Å². The van der Waals surface area contributed by atoms with E-state index in [1.54, 1.807) is 7.11 Å². The highest BCUT2D eigenvalue weighted by Crippen LogP contribution is 2.31. The van der Waals surface area contributed by atoms with Crippen molar-refractivity contribution in [1.82, 2.24) is 0 Å². The van der Waals surface area contributed by atoms with Crippen LogP contribution in [0.4, 0.5) is 5.69 Å². The first-order valence-corrected chi connectivity index (χ1v) is 4.48. The quantitative estimate of drug-likeness (QED) is 0.742. The summed E-state index contributed by atoms with van der Waals surface area (Å²) in [5, 5.41) is 0. The third kappa shape index (κ3) is 2.18. The van der Waals surface area contributed by atoms with Crippen LogP contribution in [0.3, 0.4) is 0 Å². The van der Waals surface area contributed by atoms with Crippen molar-refractivity contribution in [1.29, 1.82) is 0 Å². The molecular weight excluding hydrogens is 230 g/mol. The van der Waals surface area contributed by atoms with Crippen molar-refractivity contribution in [3.63, 3.8) is 0 Å². The lowest BCUT2D eigenvalue weighted by Crippen LogP contribution is -1.84. The van der Waals surface area contributed by atoms with Gasteiger partial charge in [0.05, 0.1) is 12.8 Å². The zero-order chi connectivity index (χ0) is 9.84. The fourth-order valence-electron chi connectivity index (χ4n) is 0.997. The number of methoxy groups -OCH3 is 1. The van der Waals surface area contributed by atoms with E-state index in [0.717, 1.165) is 21.5 Å². The van der Waals surface area contributed by atoms with E-state index in [0.29, 0.717) is 0 Å². The van der Waals surface area contributed by atoms with E-state index in [2.05, 4.69) is 34.2 Å². The predicted molar refractivity (Wildman–Crippen MR) is 60.2 cm³/mol. The van der Waals surface area contributed by atoms with Crippen molar-refractivity contribution in [3.05, 3.63) is 30.3 Å². The van der Waals surface area contributed by atoms with Crippen LogP contribution >= 0.6 is 15.9 Å². The predicted octanol–water partition coefficient (Wildman–Crippen LogP) is 3.39. The highest BCUT2D eigenvalue weighted by Gasteiger charge is 2.03. The number of benzene rings is 1. The zero-order valence-electron chi connectivity index (χ0n) is 7.38. The Morgan fingerprint density at radius 3 is 2.69 bits per heavy atom. The molecule has 0 bridgehead atoms. The summed E-state index contributed by atoms with van der Waals surface area (Å²) >= 11 is 3.30. The van der Waals surface area contributed by atoms with Crippen LogP contribution in [-0.4, -0.2) is 13.8 Å². The number of ether oxygens (including phenoxy) is 1. The lowest BCUT2D eigenvalue weighted by atomic mass is 10.1. The summed E-state index contributed by atoms with van der Waals surface area (Å²) in [5.41, 5.74) is 1.69. The molecule has 1 aromatic carbocycles. The zero-order valence-corrected chi connectivity index (χ0v) is 8.97. The van der Waals surface area contributed by atoms with Crippen LogP contribution in [0.2, 0.25) is 0 Å². The average molecular weight is 240 g/mol. The molecule has 0 N–H and O–H groups in total. The van der Waals surface area contributed by atoms with Gasteiger partial charge in [0.15, 0.2) is 0 Å². The Kier molecular flexibility index (Phi) is 3.25. The van der Waals surface area contributed by atoms with Gasteiger partial charge in [0.25, 0.3) is 0 Å². The minimum absolute atomic E-state index is 0.772. The molecule has 0 saturated heterocycles. The van der Waals surface area contributed by atoms with Crippen molar-refractivity contribution in [2.24, 2.45) is 4.99 Å². The minimum Gasteiger partial charge on any atom is -0.497 e. The molecule has 1 rings (SSSR count). The van der Waals surface area contributed by atoms with Gasteiger partial charge in [-0.3, -0.25) is 4.99 Å². The monoisotopic (exact) mass is 239 g/mol. The summed E-state index contributed by atoms with van der Waals surface area (Å²) in [4.78, 5) is 3.87. The third-order valence-corrected chi connectivity index (χ3v) is 2.09. The molecule has 0 unspecified atom stereocenters. The molecule has 3 heteroatoms. The van der Waals surface area contributed by atoms with Gasteiger partial charge in [-0.05, 0) is 24.9 Å². The molecule has 0 spiro atoms. The summed E-state index contributed by atoms with van der Waals surface area (Å²) in [7, 11) is 1.62. The summed E-state index contributed by atoms with van der Waals surface area (Å²) in [6.45, 7) is 7.26. The highest BCUT2D eigenvalue weighted by molar-refractivity contribution is 9.15. The fourth-order valence-corrected chi connectivity index (χ4v) is 1.31. The van der Waals surface area contributed by atoms with Crippen LogP contribution in [0, 0.1) is 0 Å². The first-order chi connectivity index (χ1) is 6.19. The van der Waals surface area contributed by atoms with Gasteiger partial charge in [-0.25, -0.2) is 0 Å².